The second-order valence-electron chi connectivity index (χ2n) is 3.25. The summed E-state index contributed by atoms with van der Waals surface area (Å²) in [5.74, 6) is -1.55. The van der Waals surface area contributed by atoms with Crippen molar-refractivity contribution in [3.8, 4) is 0 Å². The highest BCUT2D eigenvalue weighted by Gasteiger charge is 2.22. The van der Waals surface area contributed by atoms with Crippen LogP contribution in [0.25, 0.3) is 0 Å². The summed E-state index contributed by atoms with van der Waals surface area (Å²) in [6.07, 6.45) is 1.07. The summed E-state index contributed by atoms with van der Waals surface area (Å²) in [4.78, 5) is 22.1. The lowest BCUT2D eigenvalue weighted by Gasteiger charge is -2.16. The van der Waals surface area contributed by atoms with E-state index in [1.807, 2.05) is 6.92 Å². The van der Waals surface area contributed by atoms with Gasteiger partial charge < -0.3 is 20.9 Å². The average Bonchev–Trinajstić information content (AvgIpc) is 2.17. The van der Waals surface area contributed by atoms with Crippen LogP contribution in [-0.2, 0) is 14.3 Å². The first-order chi connectivity index (χ1) is 7.02. The Labute approximate surface area is 88.8 Å². The predicted octanol–water partition coefficient (Wildman–Crippen LogP) is -0.670. The van der Waals surface area contributed by atoms with Gasteiger partial charge >= 0.3 is 5.97 Å². The van der Waals surface area contributed by atoms with E-state index in [1.54, 1.807) is 0 Å². The molecule has 1 amide bonds. The van der Waals surface area contributed by atoms with E-state index in [0.29, 0.717) is 12.8 Å². The fourth-order valence-electron chi connectivity index (χ4n) is 1.08. The zero-order valence-corrected chi connectivity index (χ0v) is 9.03. The molecule has 0 fully saturated rings. The number of carbonyl (C=O) groups excluding carboxylic acids is 1. The molecule has 1 unspecified atom stereocenters. The minimum Gasteiger partial charge on any atom is -0.480 e. The van der Waals surface area contributed by atoms with E-state index in [2.05, 4.69) is 5.32 Å². The molecule has 0 bridgehead atoms. The Balaban J connectivity index is 4.15. The second-order valence-corrected chi connectivity index (χ2v) is 3.25. The maximum Gasteiger partial charge on any atom is 0.326 e. The molecule has 0 aromatic carbocycles. The minimum absolute atomic E-state index is 0.0737. The van der Waals surface area contributed by atoms with E-state index in [-0.39, 0.29) is 6.61 Å². The molecule has 6 heteroatoms. The van der Waals surface area contributed by atoms with Crippen molar-refractivity contribution in [1.82, 2.24) is 5.32 Å². The summed E-state index contributed by atoms with van der Waals surface area (Å²) in [5, 5.41) is 11.1. The van der Waals surface area contributed by atoms with Gasteiger partial charge in [-0.25, -0.2) is 4.79 Å². The van der Waals surface area contributed by atoms with Crippen LogP contribution in [0.4, 0.5) is 0 Å². The highest BCUT2D eigenvalue weighted by atomic mass is 16.5. The summed E-state index contributed by atoms with van der Waals surface area (Å²) in [6.45, 7) is 1.92. The third-order valence-electron chi connectivity index (χ3n) is 1.87. The van der Waals surface area contributed by atoms with Gasteiger partial charge in [0.05, 0.1) is 6.61 Å². The summed E-state index contributed by atoms with van der Waals surface area (Å²) < 4.78 is 4.69. The molecule has 0 radical (unpaired) electrons. The molecule has 15 heavy (non-hydrogen) atoms. The normalized spacial score (nSPS) is 14.3. The topological polar surface area (TPSA) is 102 Å². The number of hydrogen-bond acceptors (Lipinski definition) is 4. The molecule has 0 saturated heterocycles. The van der Waals surface area contributed by atoms with Crippen LogP contribution in [0.15, 0.2) is 0 Å². The van der Waals surface area contributed by atoms with Crippen molar-refractivity contribution in [3.63, 3.8) is 0 Å². The van der Waals surface area contributed by atoms with Crippen molar-refractivity contribution >= 4 is 11.9 Å². The maximum absolute atomic E-state index is 11.3. The van der Waals surface area contributed by atoms with Gasteiger partial charge in [0.1, 0.15) is 12.1 Å². The Morgan fingerprint density at radius 2 is 2.13 bits per heavy atom. The first-order valence-electron chi connectivity index (χ1n) is 4.80. The van der Waals surface area contributed by atoms with E-state index in [1.165, 1.54) is 7.11 Å². The number of methoxy groups -OCH3 is 1. The molecule has 0 aliphatic rings. The number of nitrogens with two attached hydrogens (primary N) is 1. The molecular weight excluding hydrogens is 200 g/mol. The SMILES string of the molecule is CCC[C@H](NC(=O)C(N)COC)C(=O)O. The molecule has 0 aliphatic heterocycles. The molecule has 0 aromatic rings. The number of carbonyl (C=O) groups is 2. The van der Waals surface area contributed by atoms with Crippen LogP contribution >= 0.6 is 0 Å². The zero-order valence-electron chi connectivity index (χ0n) is 9.03. The Kier molecular flexibility index (Phi) is 6.64. The lowest BCUT2D eigenvalue weighted by Crippen LogP contribution is -2.49. The Morgan fingerprint density at radius 3 is 2.53 bits per heavy atom. The number of carboxylic acids is 1. The van der Waals surface area contributed by atoms with Crippen LogP contribution in [0, 0.1) is 0 Å². The highest BCUT2D eigenvalue weighted by Crippen LogP contribution is 1.97. The third-order valence-corrected chi connectivity index (χ3v) is 1.87. The summed E-state index contributed by atoms with van der Waals surface area (Å²) in [6, 6.07) is -1.70. The molecular formula is C9H18N2O4. The van der Waals surface area contributed by atoms with E-state index in [4.69, 9.17) is 15.6 Å². The van der Waals surface area contributed by atoms with Crippen LogP contribution in [0.3, 0.4) is 0 Å². The number of nitrogens with one attached hydrogen (secondary N) is 1. The fourth-order valence-corrected chi connectivity index (χ4v) is 1.08. The molecule has 88 valence electrons. The van der Waals surface area contributed by atoms with Crippen molar-refractivity contribution in [2.75, 3.05) is 13.7 Å². The van der Waals surface area contributed by atoms with Crippen LogP contribution in [0.2, 0.25) is 0 Å². The standard InChI is InChI=1S/C9H18N2O4/c1-3-4-7(9(13)14)11-8(12)6(10)5-15-2/h6-7H,3-5,10H2,1-2H3,(H,11,12)(H,13,14)/t6?,7-/m0/s1. The predicted molar refractivity (Wildman–Crippen MR) is 54.3 cm³/mol. The molecule has 6 nitrogen and oxygen atoms in total. The fraction of sp³-hybridized carbons (Fsp3) is 0.778. The van der Waals surface area contributed by atoms with Crippen molar-refractivity contribution in [1.29, 1.82) is 0 Å². The second kappa shape index (κ2) is 7.19. The van der Waals surface area contributed by atoms with Gasteiger partial charge in [-0.3, -0.25) is 4.79 Å². The van der Waals surface area contributed by atoms with Crippen molar-refractivity contribution in [2.24, 2.45) is 5.73 Å². The molecule has 0 heterocycles. The summed E-state index contributed by atoms with van der Waals surface area (Å²) in [7, 11) is 1.42. The number of amides is 1. The molecule has 0 aromatic heterocycles. The van der Waals surface area contributed by atoms with Gasteiger partial charge in [0.2, 0.25) is 5.91 Å². The lowest BCUT2D eigenvalue weighted by atomic mass is 10.1. The first-order valence-corrected chi connectivity index (χ1v) is 4.80. The van der Waals surface area contributed by atoms with Crippen LogP contribution < -0.4 is 11.1 Å². The lowest BCUT2D eigenvalue weighted by molar-refractivity contribution is -0.142. The van der Waals surface area contributed by atoms with Gasteiger partial charge in [0, 0.05) is 7.11 Å². The van der Waals surface area contributed by atoms with E-state index in [0.717, 1.165) is 0 Å². The average molecular weight is 218 g/mol. The number of aliphatic carboxylic acids is 1. The van der Waals surface area contributed by atoms with Gasteiger partial charge in [-0.05, 0) is 6.42 Å². The van der Waals surface area contributed by atoms with Gasteiger partial charge in [-0.15, -0.1) is 0 Å². The zero-order chi connectivity index (χ0) is 11.8. The molecule has 0 rings (SSSR count). The number of ether oxygens (including phenoxy) is 1. The monoisotopic (exact) mass is 218 g/mol. The van der Waals surface area contributed by atoms with E-state index < -0.39 is 24.0 Å². The van der Waals surface area contributed by atoms with Gasteiger partial charge in [-0.2, -0.15) is 0 Å². The van der Waals surface area contributed by atoms with Gasteiger partial charge in [0.15, 0.2) is 0 Å². The summed E-state index contributed by atoms with van der Waals surface area (Å²) >= 11 is 0. The summed E-state index contributed by atoms with van der Waals surface area (Å²) in [5.41, 5.74) is 5.44. The minimum atomic E-state index is -1.05. The molecule has 4 N–H and O–H groups in total. The van der Waals surface area contributed by atoms with Crippen LogP contribution in [-0.4, -0.2) is 42.8 Å². The van der Waals surface area contributed by atoms with E-state index in [9.17, 15) is 9.59 Å². The smallest absolute Gasteiger partial charge is 0.326 e. The highest BCUT2D eigenvalue weighted by molar-refractivity contribution is 5.86. The maximum atomic E-state index is 11.3. The molecule has 0 spiro atoms. The Morgan fingerprint density at radius 1 is 1.53 bits per heavy atom. The number of carboxylic acid groups (broad SMARTS) is 1. The molecule has 0 aliphatic carbocycles. The van der Waals surface area contributed by atoms with Gasteiger partial charge in [0.25, 0.3) is 0 Å². The van der Waals surface area contributed by atoms with Crippen molar-refractivity contribution < 1.29 is 19.4 Å². The first kappa shape index (κ1) is 13.9. The van der Waals surface area contributed by atoms with Crippen molar-refractivity contribution in [3.05, 3.63) is 0 Å². The van der Waals surface area contributed by atoms with Crippen LogP contribution in [0.1, 0.15) is 19.8 Å². The largest absolute Gasteiger partial charge is 0.480 e. The van der Waals surface area contributed by atoms with Crippen LogP contribution in [0.5, 0.6) is 0 Å². The van der Waals surface area contributed by atoms with E-state index >= 15 is 0 Å². The number of hydrogen-bond donors (Lipinski definition) is 3. The Bertz CT molecular complexity index is 220. The number of rotatable bonds is 7. The molecule has 2 atom stereocenters. The third kappa shape index (κ3) is 5.34. The molecule has 0 saturated carbocycles. The Hall–Kier alpha value is -1.14. The van der Waals surface area contributed by atoms with Gasteiger partial charge in [-0.1, -0.05) is 13.3 Å². The van der Waals surface area contributed by atoms with Crippen molar-refractivity contribution in [2.45, 2.75) is 31.8 Å². The quantitative estimate of drug-likeness (QED) is 0.526.